The van der Waals surface area contributed by atoms with Crippen molar-refractivity contribution in [3.8, 4) is 0 Å². The van der Waals surface area contributed by atoms with Crippen molar-refractivity contribution in [2.75, 3.05) is 0 Å². The van der Waals surface area contributed by atoms with Crippen molar-refractivity contribution in [1.82, 2.24) is 4.40 Å². The summed E-state index contributed by atoms with van der Waals surface area (Å²) < 4.78 is 4.74. The van der Waals surface area contributed by atoms with E-state index in [0.29, 0.717) is 11.1 Å². The van der Waals surface area contributed by atoms with E-state index in [9.17, 15) is 9.59 Å². The van der Waals surface area contributed by atoms with Crippen LogP contribution in [0.2, 0.25) is 0 Å². The molecule has 0 N–H and O–H groups in total. The van der Waals surface area contributed by atoms with Gasteiger partial charge in [0.2, 0.25) is 0 Å². The minimum atomic E-state index is -0.187. The first-order valence-corrected chi connectivity index (χ1v) is 16.6. The number of carbonyl (C=O) groups is 2. The van der Waals surface area contributed by atoms with Crippen LogP contribution in [0.4, 0.5) is 0 Å². The van der Waals surface area contributed by atoms with Crippen LogP contribution < -0.4 is 0 Å². The standard InChI is InChI=1S/C40H19NO2S2/c42-36-29(37(43)33-26-13-4-2-10-23(26)22-9-1-3-12-25(22)32(33)36)18-21-19-44-39-34-28-14-7-8-20-16-17-27-24-11-5-6-15-30(24)41(35(27)31(20)28)40(34)45-38(21)39/h1-19H. The maximum Gasteiger partial charge on any atom is 0.198 e. The number of Topliss-reactive ketones (excluding diaryl/α,β-unsaturated/α-hetero) is 2. The number of allylic oxidation sites excluding steroid dienone is 1. The summed E-state index contributed by atoms with van der Waals surface area (Å²) in [6.07, 6.45) is 1.85. The van der Waals surface area contributed by atoms with E-state index in [-0.39, 0.29) is 17.1 Å². The van der Waals surface area contributed by atoms with Gasteiger partial charge in [0.05, 0.1) is 26.0 Å². The van der Waals surface area contributed by atoms with Crippen molar-refractivity contribution in [3.05, 3.63) is 131 Å². The highest BCUT2D eigenvalue weighted by Crippen LogP contribution is 2.49. The maximum absolute atomic E-state index is 14.1. The minimum absolute atomic E-state index is 0.187. The lowest BCUT2D eigenvalue weighted by molar-refractivity contribution is 0.0991. The van der Waals surface area contributed by atoms with E-state index in [1.165, 1.54) is 52.9 Å². The summed E-state index contributed by atoms with van der Waals surface area (Å²) in [7, 11) is 0. The number of para-hydroxylation sites is 1. The van der Waals surface area contributed by atoms with Crippen LogP contribution in [0.5, 0.6) is 0 Å². The van der Waals surface area contributed by atoms with Crippen molar-refractivity contribution in [3.63, 3.8) is 0 Å². The van der Waals surface area contributed by atoms with Crippen molar-refractivity contribution in [2.24, 2.45) is 0 Å². The number of pyridine rings is 1. The second kappa shape index (κ2) is 8.21. The molecule has 0 atom stereocenters. The van der Waals surface area contributed by atoms with Gasteiger partial charge < -0.3 is 0 Å². The predicted octanol–water partition coefficient (Wildman–Crippen LogP) is 11.0. The molecular weight excluding hydrogens is 591 g/mol. The number of benzene rings is 6. The summed E-state index contributed by atoms with van der Waals surface area (Å²) in [5.41, 5.74) is 4.68. The zero-order valence-electron chi connectivity index (χ0n) is 23.5. The molecule has 1 aliphatic carbocycles. The molecule has 208 valence electrons. The molecule has 0 radical (unpaired) electrons. The molecule has 0 saturated heterocycles. The SMILES string of the molecule is O=C1C(=Cc2csc3c2sc2c3c3cccc4ccc5c6ccccc6n2c5c43)C(=O)c2c1c1ccccc1c1ccccc21. The molecule has 0 fully saturated rings. The van der Waals surface area contributed by atoms with Gasteiger partial charge >= 0.3 is 0 Å². The van der Waals surface area contributed by atoms with Gasteiger partial charge in [-0.3, -0.25) is 14.0 Å². The zero-order valence-corrected chi connectivity index (χ0v) is 25.2. The molecule has 0 unspecified atom stereocenters. The summed E-state index contributed by atoms with van der Waals surface area (Å²) in [6.45, 7) is 0. The highest BCUT2D eigenvalue weighted by molar-refractivity contribution is 7.32. The second-order valence-electron chi connectivity index (χ2n) is 11.9. The van der Waals surface area contributed by atoms with Crippen LogP contribution in [0.25, 0.3) is 85.2 Å². The van der Waals surface area contributed by atoms with Gasteiger partial charge in [-0.05, 0) is 44.5 Å². The monoisotopic (exact) mass is 609 g/mol. The molecule has 45 heavy (non-hydrogen) atoms. The molecule has 4 heterocycles. The van der Waals surface area contributed by atoms with E-state index in [0.717, 1.165) is 31.8 Å². The second-order valence-corrected chi connectivity index (χ2v) is 13.8. The van der Waals surface area contributed by atoms with Crippen LogP contribution in [0.1, 0.15) is 26.3 Å². The third-order valence-electron chi connectivity index (χ3n) is 9.74. The Morgan fingerprint density at radius 3 is 1.93 bits per heavy atom. The summed E-state index contributed by atoms with van der Waals surface area (Å²) in [4.78, 5) is 29.5. The predicted molar refractivity (Wildman–Crippen MR) is 190 cm³/mol. The van der Waals surface area contributed by atoms with Gasteiger partial charge in [0.15, 0.2) is 11.6 Å². The molecule has 10 aromatic rings. The fourth-order valence-electron chi connectivity index (χ4n) is 7.90. The molecule has 0 amide bonds. The summed E-state index contributed by atoms with van der Waals surface area (Å²) in [6, 6.07) is 35.6. The Morgan fingerprint density at radius 2 is 1.20 bits per heavy atom. The molecule has 1 aliphatic rings. The number of carbonyl (C=O) groups excluding carboxylic acids is 2. The minimum Gasteiger partial charge on any atom is -0.299 e. The van der Waals surface area contributed by atoms with Crippen molar-refractivity contribution in [2.45, 2.75) is 0 Å². The first-order chi connectivity index (χ1) is 22.2. The van der Waals surface area contributed by atoms with Gasteiger partial charge in [-0.1, -0.05) is 97.1 Å². The molecule has 6 aromatic carbocycles. The highest BCUT2D eigenvalue weighted by Gasteiger charge is 2.37. The van der Waals surface area contributed by atoms with E-state index >= 15 is 0 Å². The van der Waals surface area contributed by atoms with Crippen LogP contribution in [0.3, 0.4) is 0 Å². The molecule has 0 saturated carbocycles. The van der Waals surface area contributed by atoms with Crippen LogP contribution in [0.15, 0.2) is 114 Å². The van der Waals surface area contributed by atoms with Gasteiger partial charge in [0.1, 0.15) is 4.83 Å². The fraction of sp³-hybridized carbons (Fsp3) is 0. The summed E-state index contributed by atoms with van der Waals surface area (Å²) in [5, 5.41) is 13.3. The van der Waals surface area contributed by atoms with E-state index in [4.69, 9.17) is 0 Å². The number of aromatic nitrogens is 1. The van der Waals surface area contributed by atoms with Crippen LogP contribution in [-0.2, 0) is 0 Å². The first kappa shape index (κ1) is 24.0. The molecular formula is C40H19NO2S2. The Balaban J connectivity index is 1.22. The number of hydrogen-bond donors (Lipinski definition) is 0. The number of rotatable bonds is 1. The lowest BCUT2D eigenvalue weighted by atomic mass is 9.93. The van der Waals surface area contributed by atoms with Gasteiger partial charge in [0.25, 0.3) is 0 Å². The number of fused-ring (bicyclic) bond motifs is 14. The van der Waals surface area contributed by atoms with Crippen molar-refractivity contribution in [1.29, 1.82) is 0 Å². The van der Waals surface area contributed by atoms with Gasteiger partial charge in [-0.15, -0.1) is 22.7 Å². The molecule has 0 aliphatic heterocycles. The van der Waals surface area contributed by atoms with Gasteiger partial charge in [0, 0.05) is 43.6 Å². The molecule has 0 bridgehead atoms. The van der Waals surface area contributed by atoms with Crippen molar-refractivity contribution < 1.29 is 9.59 Å². The number of hydrogen-bond acceptors (Lipinski definition) is 4. The highest BCUT2D eigenvalue weighted by atomic mass is 32.1. The first-order valence-electron chi connectivity index (χ1n) is 14.9. The lowest BCUT2D eigenvalue weighted by Crippen LogP contribution is -2.00. The molecule has 4 aromatic heterocycles. The molecule has 11 rings (SSSR count). The number of thiophene rings is 2. The number of ketones is 2. The van der Waals surface area contributed by atoms with Crippen LogP contribution >= 0.6 is 22.7 Å². The third-order valence-corrected chi connectivity index (χ3v) is 12.1. The molecule has 5 heteroatoms. The Kier molecular flexibility index (Phi) is 4.38. The van der Waals surface area contributed by atoms with Crippen molar-refractivity contribution >= 4 is 119 Å². The fourth-order valence-corrected chi connectivity index (χ4v) is 10.5. The number of nitrogens with zero attached hydrogens (tertiary/aromatic N) is 1. The van der Waals surface area contributed by atoms with Crippen LogP contribution in [0, 0.1) is 0 Å². The maximum atomic E-state index is 14.1. The third kappa shape index (κ3) is 2.82. The molecule has 3 nitrogen and oxygen atoms in total. The topological polar surface area (TPSA) is 38.5 Å². The smallest absolute Gasteiger partial charge is 0.198 e. The van der Waals surface area contributed by atoms with E-state index < -0.39 is 0 Å². The Labute approximate surface area is 263 Å². The van der Waals surface area contributed by atoms with E-state index in [2.05, 4.69) is 64.4 Å². The zero-order chi connectivity index (χ0) is 29.6. The largest absolute Gasteiger partial charge is 0.299 e. The average molecular weight is 610 g/mol. The Morgan fingerprint density at radius 1 is 0.556 bits per heavy atom. The van der Waals surface area contributed by atoms with Crippen LogP contribution in [-0.4, -0.2) is 16.0 Å². The van der Waals surface area contributed by atoms with E-state index in [1.807, 2.05) is 54.6 Å². The average Bonchev–Trinajstić information content (AvgIpc) is 3.81. The lowest BCUT2D eigenvalue weighted by Gasteiger charge is -2.10. The quantitative estimate of drug-likeness (QED) is 0.105. The van der Waals surface area contributed by atoms with E-state index in [1.54, 1.807) is 22.7 Å². The summed E-state index contributed by atoms with van der Waals surface area (Å²) in [5.74, 6) is -0.374. The van der Waals surface area contributed by atoms with Gasteiger partial charge in [-0.25, -0.2) is 0 Å². The Bertz CT molecular complexity index is 2950. The van der Waals surface area contributed by atoms with Gasteiger partial charge in [-0.2, -0.15) is 0 Å². The molecule has 0 spiro atoms. The normalized spacial score (nSPS) is 13.8. The Hall–Kier alpha value is -5.36. The summed E-state index contributed by atoms with van der Waals surface area (Å²) >= 11 is 3.45.